The number of rotatable bonds is 5. The molecule has 7 heteroatoms. The SMILES string of the molecule is Cc1ccc(-c2c(C)c3c(c(C)c2[C@H](OC(C)(C)C)C(=O)O)N(S(C)(=O)=O)Cc2ccc(C)cc2-3)cc1. The zero-order valence-electron chi connectivity index (χ0n) is 22.8. The Bertz CT molecular complexity index is 1500. The summed E-state index contributed by atoms with van der Waals surface area (Å²) >= 11 is 0. The Kier molecular flexibility index (Phi) is 6.76. The molecular weight excluding hydrogens is 486 g/mol. The molecule has 0 unspecified atom stereocenters. The van der Waals surface area contributed by atoms with Crippen molar-refractivity contribution >= 4 is 21.7 Å². The lowest BCUT2D eigenvalue weighted by Crippen LogP contribution is -2.34. The van der Waals surface area contributed by atoms with Crippen molar-refractivity contribution in [1.29, 1.82) is 0 Å². The Morgan fingerprint density at radius 3 is 2.08 bits per heavy atom. The minimum Gasteiger partial charge on any atom is -0.479 e. The molecule has 0 saturated heterocycles. The van der Waals surface area contributed by atoms with E-state index in [2.05, 4.69) is 6.07 Å². The molecular formula is C30H35NO5S. The lowest BCUT2D eigenvalue weighted by molar-refractivity contribution is -0.160. The van der Waals surface area contributed by atoms with Gasteiger partial charge in [-0.3, -0.25) is 4.31 Å². The lowest BCUT2D eigenvalue weighted by atomic mass is 9.80. The van der Waals surface area contributed by atoms with Crippen LogP contribution in [0.3, 0.4) is 0 Å². The first-order valence-corrected chi connectivity index (χ1v) is 14.2. The van der Waals surface area contributed by atoms with Gasteiger partial charge in [0.15, 0.2) is 6.10 Å². The van der Waals surface area contributed by atoms with Gasteiger partial charge in [-0.25, -0.2) is 13.2 Å². The first-order chi connectivity index (χ1) is 17.1. The third kappa shape index (κ3) is 5.03. The van der Waals surface area contributed by atoms with Gasteiger partial charge in [0.05, 0.1) is 24.1 Å². The lowest BCUT2D eigenvalue weighted by Gasteiger charge is -2.37. The van der Waals surface area contributed by atoms with Crippen LogP contribution in [0.25, 0.3) is 22.3 Å². The Labute approximate surface area is 220 Å². The number of sulfonamides is 1. The second-order valence-corrected chi connectivity index (χ2v) is 12.9. The summed E-state index contributed by atoms with van der Waals surface area (Å²) < 4.78 is 33.8. The monoisotopic (exact) mass is 521 g/mol. The number of anilines is 1. The summed E-state index contributed by atoms with van der Waals surface area (Å²) in [6.07, 6.45) is -0.0980. The maximum atomic E-state index is 13.1. The molecule has 1 heterocycles. The number of aryl methyl sites for hydroxylation is 2. The van der Waals surface area contributed by atoms with E-state index in [9.17, 15) is 18.3 Å². The highest BCUT2D eigenvalue weighted by Crippen LogP contribution is 2.51. The Morgan fingerprint density at radius 2 is 1.54 bits per heavy atom. The normalized spacial score (nSPS) is 14.2. The Balaban J connectivity index is 2.22. The molecule has 196 valence electrons. The van der Waals surface area contributed by atoms with Gasteiger partial charge in [-0.2, -0.15) is 0 Å². The number of nitrogens with zero attached hydrogens (tertiary/aromatic N) is 1. The van der Waals surface area contributed by atoms with Crippen LogP contribution in [0.5, 0.6) is 0 Å². The van der Waals surface area contributed by atoms with Gasteiger partial charge in [0.2, 0.25) is 10.0 Å². The fourth-order valence-electron chi connectivity index (χ4n) is 5.23. The molecule has 6 nitrogen and oxygen atoms in total. The highest BCUT2D eigenvalue weighted by molar-refractivity contribution is 7.92. The molecule has 1 aliphatic heterocycles. The Morgan fingerprint density at radius 1 is 0.946 bits per heavy atom. The predicted octanol–water partition coefficient (Wildman–Crippen LogP) is 6.47. The molecule has 1 atom stereocenters. The first-order valence-electron chi connectivity index (χ1n) is 12.3. The number of hydrogen-bond acceptors (Lipinski definition) is 4. The van der Waals surface area contributed by atoms with E-state index >= 15 is 0 Å². The minimum absolute atomic E-state index is 0.183. The van der Waals surface area contributed by atoms with Crippen LogP contribution in [0.15, 0.2) is 42.5 Å². The molecule has 4 rings (SSSR count). The quantitative estimate of drug-likeness (QED) is 0.416. The number of hydrogen-bond donors (Lipinski definition) is 1. The highest BCUT2D eigenvalue weighted by atomic mass is 32.2. The van der Waals surface area contributed by atoms with Gasteiger partial charge >= 0.3 is 5.97 Å². The molecule has 0 aromatic heterocycles. The average molecular weight is 522 g/mol. The number of carboxylic acid groups (broad SMARTS) is 1. The summed E-state index contributed by atoms with van der Waals surface area (Å²) in [6, 6.07) is 14.0. The Hall–Kier alpha value is -3.16. The minimum atomic E-state index is -3.67. The summed E-state index contributed by atoms with van der Waals surface area (Å²) in [5.41, 5.74) is 8.13. The zero-order chi connectivity index (χ0) is 27.4. The summed E-state index contributed by atoms with van der Waals surface area (Å²) in [5.74, 6) is -1.12. The molecule has 3 aromatic carbocycles. The fraction of sp³-hybridized carbons (Fsp3) is 0.367. The smallest absolute Gasteiger partial charge is 0.337 e. The van der Waals surface area contributed by atoms with Gasteiger partial charge in [0.1, 0.15) is 0 Å². The molecule has 1 aliphatic rings. The summed E-state index contributed by atoms with van der Waals surface area (Å²) in [4.78, 5) is 12.7. The van der Waals surface area contributed by atoms with E-state index in [-0.39, 0.29) is 6.54 Å². The molecule has 3 aromatic rings. The third-order valence-electron chi connectivity index (χ3n) is 6.81. The number of fused-ring (bicyclic) bond motifs is 3. The van der Waals surface area contributed by atoms with Crippen LogP contribution in [0, 0.1) is 27.7 Å². The molecule has 0 aliphatic carbocycles. The van der Waals surface area contributed by atoms with Gasteiger partial charge in [-0.1, -0.05) is 53.6 Å². The van der Waals surface area contributed by atoms with E-state index in [1.54, 1.807) is 0 Å². The van der Waals surface area contributed by atoms with Crippen molar-refractivity contribution in [2.24, 2.45) is 0 Å². The maximum Gasteiger partial charge on any atom is 0.337 e. The van der Waals surface area contributed by atoms with E-state index in [0.717, 1.165) is 44.5 Å². The van der Waals surface area contributed by atoms with Gasteiger partial charge in [0, 0.05) is 11.1 Å². The van der Waals surface area contributed by atoms with Crippen LogP contribution in [0.4, 0.5) is 5.69 Å². The van der Waals surface area contributed by atoms with Crippen molar-refractivity contribution in [3.63, 3.8) is 0 Å². The molecule has 0 spiro atoms. The molecule has 1 N–H and O–H groups in total. The number of aliphatic carboxylic acids is 1. The topological polar surface area (TPSA) is 83.9 Å². The van der Waals surface area contributed by atoms with Crippen molar-refractivity contribution in [3.05, 3.63) is 75.8 Å². The second kappa shape index (κ2) is 9.30. The van der Waals surface area contributed by atoms with E-state index in [1.165, 1.54) is 10.6 Å². The van der Waals surface area contributed by atoms with Crippen LogP contribution < -0.4 is 4.31 Å². The van der Waals surface area contributed by atoms with Gasteiger partial charge < -0.3 is 9.84 Å². The van der Waals surface area contributed by atoms with Gasteiger partial charge in [-0.15, -0.1) is 0 Å². The third-order valence-corrected chi connectivity index (χ3v) is 7.92. The summed E-state index contributed by atoms with van der Waals surface area (Å²) in [6.45, 7) is 13.4. The van der Waals surface area contributed by atoms with Crippen molar-refractivity contribution in [2.45, 2.75) is 66.7 Å². The molecule has 0 radical (unpaired) electrons. The second-order valence-electron chi connectivity index (χ2n) is 11.0. The molecule has 0 saturated carbocycles. The first kappa shape index (κ1) is 26.9. The van der Waals surface area contributed by atoms with Crippen LogP contribution >= 0.6 is 0 Å². The van der Waals surface area contributed by atoms with Crippen LogP contribution in [0.1, 0.15) is 60.3 Å². The molecule has 37 heavy (non-hydrogen) atoms. The highest BCUT2D eigenvalue weighted by Gasteiger charge is 2.38. The summed E-state index contributed by atoms with van der Waals surface area (Å²) in [7, 11) is -3.67. The van der Waals surface area contributed by atoms with Crippen molar-refractivity contribution in [2.75, 3.05) is 10.6 Å². The van der Waals surface area contributed by atoms with E-state index in [1.807, 2.05) is 84.9 Å². The van der Waals surface area contributed by atoms with Gasteiger partial charge in [0.25, 0.3) is 0 Å². The molecule has 0 amide bonds. The largest absolute Gasteiger partial charge is 0.479 e. The van der Waals surface area contributed by atoms with E-state index in [4.69, 9.17) is 4.74 Å². The van der Waals surface area contributed by atoms with Crippen LogP contribution in [-0.2, 0) is 26.1 Å². The van der Waals surface area contributed by atoms with Crippen molar-refractivity contribution < 1.29 is 23.1 Å². The molecule has 0 bridgehead atoms. The van der Waals surface area contributed by atoms with Crippen molar-refractivity contribution in [3.8, 4) is 22.3 Å². The van der Waals surface area contributed by atoms with Crippen LogP contribution in [0.2, 0.25) is 0 Å². The average Bonchev–Trinajstić information content (AvgIpc) is 2.78. The summed E-state index contributed by atoms with van der Waals surface area (Å²) in [5, 5.41) is 10.4. The van der Waals surface area contributed by atoms with Gasteiger partial charge in [-0.05, 0) is 81.8 Å². The number of carboxylic acids is 1. The number of benzene rings is 3. The fourth-order valence-corrected chi connectivity index (χ4v) is 6.17. The molecule has 0 fully saturated rings. The number of ether oxygens (including phenoxy) is 1. The van der Waals surface area contributed by atoms with E-state index < -0.39 is 27.7 Å². The predicted molar refractivity (Wildman–Crippen MR) is 149 cm³/mol. The standard InChI is InChI=1S/C30H35NO5S/c1-17-9-12-21(13-10-17)24-19(3)25-23-15-18(2)11-14-22(23)16-31(37(8,34)35)27(25)20(4)26(24)28(29(32)33)36-30(5,6)7/h9-15,28H,16H2,1-8H3,(H,32,33)/t28-/m0/s1. The van der Waals surface area contributed by atoms with E-state index in [0.29, 0.717) is 16.8 Å². The number of carbonyl (C=O) groups is 1. The maximum absolute atomic E-state index is 13.1. The van der Waals surface area contributed by atoms with Crippen LogP contribution in [-0.4, -0.2) is 31.4 Å². The zero-order valence-corrected chi connectivity index (χ0v) is 23.6. The van der Waals surface area contributed by atoms with Crippen molar-refractivity contribution in [1.82, 2.24) is 0 Å².